The fraction of sp³-hybridized carbons (Fsp3) is 0.389. The molecule has 1 amide bonds. The van der Waals surface area contributed by atoms with E-state index in [2.05, 4.69) is 5.32 Å². The van der Waals surface area contributed by atoms with Crippen LogP contribution in [0.2, 0.25) is 0 Å². The second-order valence-corrected chi connectivity index (χ2v) is 5.99. The predicted octanol–water partition coefficient (Wildman–Crippen LogP) is 1.87. The number of amides is 1. The molecule has 0 heterocycles. The maximum Gasteiger partial charge on any atom is 0.349 e. The molecule has 6 nitrogen and oxygen atoms in total. The van der Waals surface area contributed by atoms with Crippen LogP contribution in [0.15, 0.2) is 29.8 Å². The van der Waals surface area contributed by atoms with Gasteiger partial charge in [0, 0.05) is 25.8 Å². The minimum absolute atomic E-state index is 0.140. The second-order valence-electron chi connectivity index (χ2n) is 5.99. The Bertz CT molecular complexity index is 682. The Labute approximate surface area is 141 Å². The summed E-state index contributed by atoms with van der Waals surface area (Å²) >= 11 is 0. The van der Waals surface area contributed by atoms with Crippen molar-refractivity contribution < 1.29 is 14.3 Å². The maximum atomic E-state index is 12.1. The first-order valence-corrected chi connectivity index (χ1v) is 7.81. The van der Waals surface area contributed by atoms with Gasteiger partial charge in [0.25, 0.3) is 5.91 Å². The Kier molecular flexibility index (Phi) is 5.59. The van der Waals surface area contributed by atoms with Crippen LogP contribution in [-0.2, 0) is 14.3 Å². The monoisotopic (exact) mass is 327 g/mol. The number of nitriles is 1. The number of nitrogens with one attached hydrogen (secondary N) is 1. The van der Waals surface area contributed by atoms with Gasteiger partial charge < -0.3 is 15.0 Å². The van der Waals surface area contributed by atoms with Crippen molar-refractivity contribution >= 4 is 23.6 Å². The molecular formula is C18H21N3O3. The summed E-state index contributed by atoms with van der Waals surface area (Å²) in [5.41, 5.74) is 1.58. The Hall–Kier alpha value is -2.81. The summed E-state index contributed by atoms with van der Waals surface area (Å²) in [5.74, 6) is -1.13. The summed E-state index contributed by atoms with van der Waals surface area (Å²) < 4.78 is 5.08. The normalized spacial score (nSPS) is 15.2. The van der Waals surface area contributed by atoms with E-state index in [1.807, 2.05) is 49.3 Å². The number of ether oxygens (including phenoxy) is 1. The van der Waals surface area contributed by atoms with Gasteiger partial charge in [-0.1, -0.05) is 12.1 Å². The van der Waals surface area contributed by atoms with Gasteiger partial charge in [0.1, 0.15) is 11.6 Å². The number of hydrogen-bond donors (Lipinski definition) is 1. The van der Waals surface area contributed by atoms with Crippen molar-refractivity contribution in [1.29, 1.82) is 5.26 Å². The van der Waals surface area contributed by atoms with E-state index in [0.29, 0.717) is 5.56 Å². The van der Waals surface area contributed by atoms with Gasteiger partial charge in [0.05, 0.1) is 0 Å². The molecule has 0 radical (unpaired) electrons. The van der Waals surface area contributed by atoms with Gasteiger partial charge in [-0.25, -0.2) is 4.79 Å². The molecule has 6 heteroatoms. The summed E-state index contributed by atoms with van der Waals surface area (Å²) in [6.45, 7) is 1.50. The molecule has 1 atom stereocenters. The topological polar surface area (TPSA) is 82.4 Å². The van der Waals surface area contributed by atoms with Gasteiger partial charge in [-0.3, -0.25) is 4.79 Å². The highest BCUT2D eigenvalue weighted by Gasteiger charge is 2.27. The number of hydrogen-bond acceptors (Lipinski definition) is 5. The van der Waals surface area contributed by atoms with E-state index >= 15 is 0 Å². The lowest BCUT2D eigenvalue weighted by atomic mass is 10.1. The van der Waals surface area contributed by atoms with Crippen molar-refractivity contribution in [3.8, 4) is 6.07 Å². The van der Waals surface area contributed by atoms with Crippen LogP contribution in [0.4, 0.5) is 5.69 Å². The molecule has 1 saturated carbocycles. The Morgan fingerprint density at radius 1 is 1.33 bits per heavy atom. The first-order chi connectivity index (χ1) is 11.4. The fourth-order valence-electron chi connectivity index (χ4n) is 2.00. The highest BCUT2D eigenvalue weighted by molar-refractivity contribution is 5.99. The van der Waals surface area contributed by atoms with Gasteiger partial charge in [0.2, 0.25) is 0 Å². The van der Waals surface area contributed by atoms with E-state index in [-0.39, 0.29) is 17.5 Å². The lowest BCUT2D eigenvalue weighted by Gasteiger charge is -2.13. The smallest absolute Gasteiger partial charge is 0.349 e. The van der Waals surface area contributed by atoms with Crippen LogP contribution in [0.3, 0.4) is 0 Å². The van der Waals surface area contributed by atoms with Crippen LogP contribution in [0.1, 0.15) is 25.3 Å². The molecule has 24 heavy (non-hydrogen) atoms. The van der Waals surface area contributed by atoms with Gasteiger partial charge in [-0.05, 0) is 43.5 Å². The molecule has 1 aliphatic carbocycles. The molecule has 126 valence electrons. The van der Waals surface area contributed by atoms with Crippen LogP contribution in [0.5, 0.6) is 0 Å². The first kappa shape index (κ1) is 17.5. The van der Waals surface area contributed by atoms with Gasteiger partial charge in [0.15, 0.2) is 6.10 Å². The van der Waals surface area contributed by atoms with E-state index in [1.165, 1.54) is 13.0 Å². The minimum Gasteiger partial charge on any atom is -0.448 e. The Balaban J connectivity index is 2.01. The quantitative estimate of drug-likeness (QED) is 0.490. The third-order valence-corrected chi connectivity index (χ3v) is 3.64. The predicted molar refractivity (Wildman–Crippen MR) is 91.1 cm³/mol. The van der Waals surface area contributed by atoms with Gasteiger partial charge in [-0.2, -0.15) is 5.26 Å². The molecule has 0 spiro atoms. The first-order valence-electron chi connectivity index (χ1n) is 7.81. The lowest BCUT2D eigenvalue weighted by Crippen LogP contribution is -2.37. The summed E-state index contributed by atoms with van der Waals surface area (Å²) in [7, 11) is 3.86. The molecule has 1 aliphatic rings. The maximum absolute atomic E-state index is 12.1. The standard InChI is InChI=1S/C18H21N3O3/c1-12(17(22)20-15-6-7-15)24-18(23)14(11-19)10-13-4-8-16(9-5-13)21(2)3/h4-5,8-10,12,15H,6-7H2,1-3H3,(H,20,22)/b14-10+/t12-/m0/s1. The van der Waals surface area contributed by atoms with E-state index < -0.39 is 12.1 Å². The van der Waals surface area contributed by atoms with Crippen molar-refractivity contribution in [2.45, 2.75) is 31.9 Å². The van der Waals surface area contributed by atoms with Crippen LogP contribution in [0, 0.1) is 11.3 Å². The highest BCUT2D eigenvalue weighted by Crippen LogP contribution is 2.19. The largest absolute Gasteiger partial charge is 0.448 e. The number of benzene rings is 1. The average molecular weight is 327 g/mol. The minimum atomic E-state index is -0.925. The Morgan fingerprint density at radius 2 is 1.96 bits per heavy atom. The van der Waals surface area contributed by atoms with Crippen molar-refractivity contribution in [3.05, 3.63) is 35.4 Å². The average Bonchev–Trinajstić information content (AvgIpc) is 3.36. The molecule has 1 aromatic rings. The number of rotatable bonds is 6. The van der Waals surface area contributed by atoms with Crippen molar-refractivity contribution in [2.75, 3.05) is 19.0 Å². The second kappa shape index (κ2) is 7.64. The molecule has 1 aromatic carbocycles. The van der Waals surface area contributed by atoms with Gasteiger partial charge in [-0.15, -0.1) is 0 Å². The van der Waals surface area contributed by atoms with Crippen LogP contribution in [-0.4, -0.2) is 38.1 Å². The molecule has 0 aromatic heterocycles. The van der Waals surface area contributed by atoms with Gasteiger partial charge >= 0.3 is 5.97 Å². The molecule has 0 aliphatic heterocycles. The summed E-state index contributed by atoms with van der Waals surface area (Å²) in [6.07, 6.45) is 2.44. The zero-order valence-electron chi connectivity index (χ0n) is 14.1. The summed E-state index contributed by atoms with van der Waals surface area (Å²) in [6, 6.07) is 9.41. The third kappa shape index (κ3) is 4.85. The summed E-state index contributed by atoms with van der Waals surface area (Å²) in [5, 5.41) is 11.9. The number of carbonyl (C=O) groups excluding carboxylic acids is 2. The highest BCUT2D eigenvalue weighted by atomic mass is 16.5. The van der Waals surface area contributed by atoms with E-state index in [9.17, 15) is 14.9 Å². The molecule has 0 unspecified atom stereocenters. The zero-order valence-corrected chi connectivity index (χ0v) is 14.1. The molecule has 0 bridgehead atoms. The molecular weight excluding hydrogens is 306 g/mol. The van der Waals surface area contributed by atoms with Crippen LogP contribution in [0.25, 0.3) is 6.08 Å². The van der Waals surface area contributed by atoms with E-state index in [1.54, 1.807) is 0 Å². The van der Waals surface area contributed by atoms with Crippen molar-refractivity contribution in [2.24, 2.45) is 0 Å². The fourth-order valence-corrected chi connectivity index (χ4v) is 2.00. The number of nitrogens with zero attached hydrogens (tertiary/aromatic N) is 2. The molecule has 2 rings (SSSR count). The van der Waals surface area contributed by atoms with Crippen molar-refractivity contribution in [3.63, 3.8) is 0 Å². The Morgan fingerprint density at radius 3 is 2.46 bits per heavy atom. The number of anilines is 1. The number of carbonyl (C=O) groups is 2. The zero-order chi connectivity index (χ0) is 17.7. The molecule has 1 fully saturated rings. The number of esters is 1. The van der Waals surface area contributed by atoms with Crippen LogP contribution < -0.4 is 10.2 Å². The molecule has 0 saturated heterocycles. The SMILES string of the molecule is C[C@H](OC(=O)/C(C#N)=C/c1ccc(N(C)C)cc1)C(=O)NC1CC1. The summed E-state index contributed by atoms with van der Waals surface area (Å²) in [4.78, 5) is 25.8. The lowest BCUT2D eigenvalue weighted by molar-refractivity contribution is -0.150. The van der Waals surface area contributed by atoms with E-state index in [4.69, 9.17) is 4.74 Å². The molecule has 1 N–H and O–H groups in total. The van der Waals surface area contributed by atoms with Crippen molar-refractivity contribution in [1.82, 2.24) is 5.32 Å². The van der Waals surface area contributed by atoms with E-state index in [0.717, 1.165) is 18.5 Å². The third-order valence-electron chi connectivity index (χ3n) is 3.64. The van der Waals surface area contributed by atoms with Crippen LogP contribution >= 0.6 is 0 Å².